The first-order valence-corrected chi connectivity index (χ1v) is 25.4. The van der Waals surface area contributed by atoms with E-state index in [9.17, 15) is 0 Å². The fourth-order valence-corrected chi connectivity index (χ4v) is 10.6. The second-order valence-corrected chi connectivity index (χ2v) is 19.2. The van der Waals surface area contributed by atoms with Gasteiger partial charge in [-0.15, -0.1) is 0 Å². The normalized spacial score (nSPS) is 11.4. The summed E-state index contributed by atoms with van der Waals surface area (Å²) < 4.78 is 2.38. The van der Waals surface area contributed by atoms with Crippen molar-refractivity contribution in [2.24, 2.45) is 0 Å². The lowest BCUT2D eigenvalue weighted by Gasteiger charge is -2.18. The summed E-state index contributed by atoms with van der Waals surface area (Å²) in [5.74, 6) is 0. The van der Waals surface area contributed by atoms with Gasteiger partial charge >= 0.3 is 0 Å². The van der Waals surface area contributed by atoms with E-state index < -0.39 is 0 Å². The highest BCUT2D eigenvalue weighted by molar-refractivity contribution is 6.11. The lowest BCUT2D eigenvalue weighted by atomic mass is 9.87. The van der Waals surface area contributed by atoms with Crippen LogP contribution in [0.3, 0.4) is 0 Å². The van der Waals surface area contributed by atoms with Crippen molar-refractivity contribution in [1.82, 2.24) is 19.5 Å². The first-order chi connectivity index (χ1) is 36.0. The number of aryl methyl sites for hydroxylation is 6. The van der Waals surface area contributed by atoms with Crippen molar-refractivity contribution in [3.8, 4) is 72.8 Å². The Morgan fingerprint density at radius 1 is 0.315 bits per heavy atom. The molecule has 0 N–H and O–H groups in total. The van der Waals surface area contributed by atoms with Crippen LogP contribution in [-0.4, -0.2) is 19.5 Å². The highest BCUT2D eigenvalue weighted by Gasteiger charge is 2.19. The molecule has 8 aromatic carbocycles. The minimum atomic E-state index is 0.887. The Balaban J connectivity index is 0.958. The third-order valence-corrected chi connectivity index (χ3v) is 14.5. The Bertz CT molecular complexity index is 3800. The van der Waals surface area contributed by atoms with Gasteiger partial charge in [-0.25, -0.2) is 0 Å². The van der Waals surface area contributed by atoms with Gasteiger partial charge in [0.1, 0.15) is 0 Å². The number of nitrogens with zero attached hydrogens (tertiary/aromatic N) is 4. The molecule has 12 aromatic rings. The van der Waals surface area contributed by atoms with E-state index in [4.69, 9.17) is 15.0 Å². The van der Waals surface area contributed by atoms with Gasteiger partial charge in [-0.05, 0) is 149 Å². The number of para-hydroxylation sites is 2. The molecule has 4 heteroatoms. The zero-order valence-electron chi connectivity index (χ0n) is 41.2. The molecular formula is C69H54N4. The van der Waals surface area contributed by atoms with Gasteiger partial charge in [0.25, 0.3) is 0 Å². The van der Waals surface area contributed by atoms with Gasteiger partial charge in [-0.2, -0.15) is 0 Å². The molecule has 4 nitrogen and oxygen atoms in total. The van der Waals surface area contributed by atoms with Crippen LogP contribution >= 0.6 is 0 Å². The van der Waals surface area contributed by atoms with Gasteiger partial charge in [0, 0.05) is 57.3 Å². The largest absolute Gasteiger partial charge is 0.309 e. The summed E-state index contributed by atoms with van der Waals surface area (Å²) in [6.07, 6.45) is 9.81. The number of aromatic nitrogens is 4. The molecule has 0 aliphatic carbocycles. The monoisotopic (exact) mass is 938 g/mol. The van der Waals surface area contributed by atoms with E-state index in [2.05, 4.69) is 261 Å². The number of hydrogen-bond donors (Lipinski definition) is 0. The average molecular weight is 939 g/mol. The SMILES string of the molecule is Cc1cc(-c2ccccc2)ncc1CCc1cc(CCc2cnc(-c3ccccc3)cc2C)cc(-c2ccccc2-c2cnc(-c3ccccc3)cc2-c2ccc3c(c2)c2ccccc2n3-c2ccccc2)c1. The number of benzene rings is 8. The highest BCUT2D eigenvalue weighted by Crippen LogP contribution is 2.42. The van der Waals surface area contributed by atoms with Crippen LogP contribution in [0.4, 0.5) is 0 Å². The van der Waals surface area contributed by atoms with Gasteiger partial charge in [0.2, 0.25) is 0 Å². The first kappa shape index (κ1) is 45.2. The molecular weight excluding hydrogens is 885 g/mol. The maximum Gasteiger partial charge on any atom is 0.0708 e. The maximum absolute atomic E-state index is 5.21. The van der Waals surface area contributed by atoms with Crippen LogP contribution in [0.25, 0.3) is 94.6 Å². The molecule has 0 fully saturated rings. The molecule has 0 atom stereocenters. The smallest absolute Gasteiger partial charge is 0.0708 e. The molecule has 0 amide bonds. The second-order valence-electron chi connectivity index (χ2n) is 19.2. The summed E-state index contributed by atoms with van der Waals surface area (Å²) >= 11 is 0. The zero-order valence-corrected chi connectivity index (χ0v) is 41.2. The summed E-state index contributed by atoms with van der Waals surface area (Å²) in [4.78, 5) is 15.1. The Morgan fingerprint density at radius 2 is 0.795 bits per heavy atom. The van der Waals surface area contributed by atoms with Crippen molar-refractivity contribution in [3.63, 3.8) is 0 Å². The molecule has 0 radical (unpaired) electrons. The third-order valence-electron chi connectivity index (χ3n) is 14.5. The van der Waals surface area contributed by atoms with Crippen LogP contribution in [0.5, 0.6) is 0 Å². The molecule has 0 spiro atoms. The predicted octanol–water partition coefficient (Wildman–Crippen LogP) is 17.2. The standard InChI is InChI=1S/C69H54N4/c1-47-37-65(51-19-7-3-8-20-51)70-44-55(47)33-31-49-39-50(32-34-56-45-71-66(38-48(56)2)52-21-9-4-10-22-52)41-57(40-49)59-27-15-16-28-60(59)64-46-72-67(53-23-11-5-12-24-53)43-62(64)54-35-36-69-63(42-54)61-29-17-18-30-68(61)73(69)58-25-13-6-14-26-58/h3-30,35-46H,31-34H2,1-2H3. The molecule has 73 heavy (non-hydrogen) atoms. The Hall–Kier alpha value is -8.99. The van der Waals surface area contributed by atoms with Gasteiger partial charge in [-0.1, -0.05) is 176 Å². The molecule has 0 saturated heterocycles. The Kier molecular flexibility index (Phi) is 12.4. The van der Waals surface area contributed by atoms with Gasteiger partial charge in [0.05, 0.1) is 28.1 Å². The fourth-order valence-electron chi connectivity index (χ4n) is 10.6. The van der Waals surface area contributed by atoms with Crippen LogP contribution in [0.1, 0.15) is 33.4 Å². The number of pyridine rings is 3. The Labute approximate surface area is 428 Å². The summed E-state index contributed by atoms with van der Waals surface area (Å²) in [5.41, 5.74) is 24.4. The molecule has 0 unspecified atom stereocenters. The molecule has 0 bridgehead atoms. The van der Waals surface area contributed by atoms with Gasteiger partial charge in [0.15, 0.2) is 0 Å². The lowest BCUT2D eigenvalue weighted by Crippen LogP contribution is -2.01. The third kappa shape index (κ3) is 9.28. The molecule has 0 aliphatic heterocycles. The predicted molar refractivity (Wildman–Crippen MR) is 304 cm³/mol. The van der Waals surface area contributed by atoms with E-state index in [0.717, 1.165) is 87.4 Å². The van der Waals surface area contributed by atoms with E-state index in [-0.39, 0.29) is 0 Å². The zero-order chi connectivity index (χ0) is 49.1. The van der Waals surface area contributed by atoms with E-state index in [1.165, 1.54) is 66.3 Å². The van der Waals surface area contributed by atoms with E-state index in [0.29, 0.717) is 0 Å². The first-order valence-electron chi connectivity index (χ1n) is 25.4. The highest BCUT2D eigenvalue weighted by atomic mass is 15.0. The molecule has 0 saturated carbocycles. The van der Waals surface area contributed by atoms with Crippen LogP contribution in [0.2, 0.25) is 0 Å². The lowest BCUT2D eigenvalue weighted by molar-refractivity contribution is 0.913. The molecule has 4 aromatic heterocycles. The Morgan fingerprint density at radius 3 is 1.37 bits per heavy atom. The van der Waals surface area contributed by atoms with Crippen molar-refractivity contribution >= 4 is 21.8 Å². The van der Waals surface area contributed by atoms with E-state index in [1.54, 1.807) is 0 Å². The minimum Gasteiger partial charge on any atom is -0.309 e. The number of rotatable bonds is 13. The van der Waals surface area contributed by atoms with E-state index in [1.807, 2.05) is 0 Å². The summed E-state index contributed by atoms with van der Waals surface area (Å²) in [6, 6.07) is 80.8. The molecule has 4 heterocycles. The molecule has 350 valence electrons. The molecule has 0 aliphatic rings. The van der Waals surface area contributed by atoms with Crippen LogP contribution in [0, 0.1) is 13.8 Å². The van der Waals surface area contributed by atoms with Crippen molar-refractivity contribution in [1.29, 1.82) is 0 Å². The maximum atomic E-state index is 5.21. The molecule has 12 rings (SSSR count). The quantitative estimate of drug-likeness (QED) is 0.116. The summed E-state index contributed by atoms with van der Waals surface area (Å²) in [5, 5.41) is 2.44. The van der Waals surface area contributed by atoms with Crippen LogP contribution < -0.4 is 0 Å². The fraction of sp³-hybridized carbons (Fsp3) is 0.0870. The van der Waals surface area contributed by atoms with Crippen molar-refractivity contribution in [2.45, 2.75) is 39.5 Å². The van der Waals surface area contributed by atoms with Crippen molar-refractivity contribution in [3.05, 3.63) is 276 Å². The summed E-state index contributed by atoms with van der Waals surface area (Å²) in [7, 11) is 0. The van der Waals surface area contributed by atoms with Crippen LogP contribution in [-0.2, 0) is 25.7 Å². The van der Waals surface area contributed by atoms with Crippen LogP contribution in [0.15, 0.2) is 243 Å². The average Bonchev–Trinajstić information content (AvgIpc) is 3.79. The topological polar surface area (TPSA) is 43.6 Å². The van der Waals surface area contributed by atoms with Crippen molar-refractivity contribution < 1.29 is 0 Å². The number of hydrogen-bond acceptors (Lipinski definition) is 3. The second kappa shape index (κ2) is 20.0. The number of fused-ring (bicyclic) bond motifs is 3. The van der Waals surface area contributed by atoms with Gasteiger partial charge < -0.3 is 4.57 Å². The summed E-state index contributed by atoms with van der Waals surface area (Å²) in [6.45, 7) is 4.43. The van der Waals surface area contributed by atoms with Gasteiger partial charge in [-0.3, -0.25) is 15.0 Å². The van der Waals surface area contributed by atoms with Crippen molar-refractivity contribution in [2.75, 3.05) is 0 Å². The minimum absolute atomic E-state index is 0.887. The van der Waals surface area contributed by atoms with E-state index >= 15 is 0 Å².